The third-order valence-corrected chi connectivity index (χ3v) is 4.95. The van der Waals surface area contributed by atoms with E-state index in [-0.39, 0.29) is 5.91 Å². The fourth-order valence-electron chi connectivity index (χ4n) is 2.74. The summed E-state index contributed by atoms with van der Waals surface area (Å²) in [7, 11) is 0. The normalized spacial score (nSPS) is 15.2. The van der Waals surface area contributed by atoms with Crippen LogP contribution < -0.4 is 5.43 Å². The summed E-state index contributed by atoms with van der Waals surface area (Å²) in [5, 5.41) is 7.19. The van der Waals surface area contributed by atoms with E-state index in [2.05, 4.69) is 20.5 Å². The second-order valence-electron chi connectivity index (χ2n) is 5.69. The number of hydrazone groups is 1. The molecule has 0 spiro atoms. The number of para-hydroxylation sites is 1. The van der Waals surface area contributed by atoms with Crippen molar-refractivity contribution in [2.24, 2.45) is 5.10 Å². The van der Waals surface area contributed by atoms with Crippen molar-refractivity contribution < 1.29 is 9.53 Å². The first kappa shape index (κ1) is 16.6. The molecule has 132 valence electrons. The molecule has 0 atom stereocenters. The fourth-order valence-corrected chi connectivity index (χ4v) is 3.45. The zero-order valence-corrected chi connectivity index (χ0v) is 14.8. The van der Waals surface area contributed by atoms with Gasteiger partial charge in [0.2, 0.25) is 0 Å². The summed E-state index contributed by atoms with van der Waals surface area (Å²) in [6.07, 6.45) is 1.48. The SMILES string of the molecule is O=C(/C(=N/Nc1ncnc2ccccc12)c1cccs1)N1CCOCC1. The summed E-state index contributed by atoms with van der Waals surface area (Å²) in [5.74, 6) is 0.459. The Morgan fingerprint density at radius 1 is 1.15 bits per heavy atom. The summed E-state index contributed by atoms with van der Waals surface area (Å²) in [5.41, 5.74) is 4.16. The summed E-state index contributed by atoms with van der Waals surface area (Å²) in [6, 6.07) is 11.5. The average Bonchev–Trinajstić information content (AvgIpc) is 3.23. The van der Waals surface area contributed by atoms with E-state index >= 15 is 0 Å². The number of aromatic nitrogens is 2. The molecule has 7 nitrogen and oxygen atoms in total. The molecule has 0 saturated carbocycles. The maximum Gasteiger partial charge on any atom is 0.275 e. The van der Waals surface area contributed by atoms with Crippen LogP contribution in [0.5, 0.6) is 0 Å². The number of nitrogens with one attached hydrogen (secondary N) is 1. The number of thiophene rings is 1. The van der Waals surface area contributed by atoms with Crippen LogP contribution in [0, 0.1) is 0 Å². The number of amides is 1. The van der Waals surface area contributed by atoms with Crippen molar-refractivity contribution in [2.45, 2.75) is 0 Å². The monoisotopic (exact) mass is 367 g/mol. The smallest absolute Gasteiger partial charge is 0.275 e. The second-order valence-corrected chi connectivity index (χ2v) is 6.64. The zero-order chi connectivity index (χ0) is 17.8. The van der Waals surface area contributed by atoms with E-state index in [4.69, 9.17) is 4.74 Å². The van der Waals surface area contributed by atoms with Crippen LogP contribution in [0.3, 0.4) is 0 Å². The number of hydrogen-bond acceptors (Lipinski definition) is 7. The van der Waals surface area contributed by atoms with E-state index in [1.54, 1.807) is 4.90 Å². The average molecular weight is 367 g/mol. The van der Waals surface area contributed by atoms with Crippen LogP contribution >= 0.6 is 11.3 Å². The van der Waals surface area contributed by atoms with Gasteiger partial charge in [-0.25, -0.2) is 9.97 Å². The number of rotatable bonds is 4. The number of anilines is 1. The Hall–Kier alpha value is -2.84. The van der Waals surface area contributed by atoms with Crippen molar-refractivity contribution in [3.8, 4) is 0 Å². The van der Waals surface area contributed by atoms with E-state index in [9.17, 15) is 4.79 Å². The Kier molecular flexibility index (Phi) is 4.85. The van der Waals surface area contributed by atoms with Crippen LogP contribution in [0.15, 0.2) is 53.2 Å². The Balaban J connectivity index is 1.66. The summed E-state index contributed by atoms with van der Waals surface area (Å²) >= 11 is 1.48. The van der Waals surface area contributed by atoms with Crippen molar-refractivity contribution in [3.63, 3.8) is 0 Å². The molecule has 3 heterocycles. The highest BCUT2D eigenvalue weighted by Crippen LogP contribution is 2.19. The molecule has 0 bridgehead atoms. The van der Waals surface area contributed by atoms with E-state index in [0.717, 1.165) is 15.8 Å². The first-order valence-corrected chi connectivity index (χ1v) is 9.15. The number of morpholine rings is 1. The van der Waals surface area contributed by atoms with Crippen molar-refractivity contribution in [2.75, 3.05) is 31.7 Å². The van der Waals surface area contributed by atoms with Gasteiger partial charge in [-0.15, -0.1) is 11.3 Å². The van der Waals surface area contributed by atoms with Crippen molar-refractivity contribution >= 4 is 39.7 Å². The van der Waals surface area contributed by atoms with Gasteiger partial charge in [-0.3, -0.25) is 10.2 Å². The van der Waals surface area contributed by atoms with Crippen molar-refractivity contribution in [1.82, 2.24) is 14.9 Å². The Morgan fingerprint density at radius 3 is 2.81 bits per heavy atom. The molecule has 0 aliphatic carbocycles. The summed E-state index contributed by atoms with van der Waals surface area (Å²) < 4.78 is 5.33. The molecule has 0 unspecified atom stereocenters. The molecule has 1 aliphatic rings. The molecular formula is C18H17N5O2S. The van der Waals surface area contributed by atoms with Gasteiger partial charge >= 0.3 is 0 Å². The lowest BCUT2D eigenvalue weighted by Gasteiger charge is -2.27. The molecule has 1 amide bonds. The molecule has 3 aromatic rings. The standard InChI is InChI=1S/C18H17N5O2S/c24-18(23-7-9-25-10-8-23)16(15-6-3-11-26-15)21-22-17-13-4-1-2-5-14(13)19-12-20-17/h1-6,11-12H,7-10H2,(H,19,20,22)/b21-16+. The molecule has 1 N–H and O–H groups in total. The lowest BCUT2D eigenvalue weighted by molar-refractivity contribution is -0.127. The van der Waals surface area contributed by atoms with Gasteiger partial charge in [0.1, 0.15) is 6.33 Å². The number of fused-ring (bicyclic) bond motifs is 1. The van der Waals surface area contributed by atoms with Crippen LogP contribution in [0.25, 0.3) is 10.9 Å². The molecule has 1 saturated heterocycles. The first-order valence-electron chi connectivity index (χ1n) is 8.27. The second kappa shape index (κ2) is 7.59. The number of hydrogen-bond donors (Lipinski definition) is 1. The lowest BCUT2D eigenvalue weighted by atomic mass is 10.2. The minimum absolute atomic E-state index is 0.110. The highest BCUT2D eigenvalue weighted by atomic mass is 32.1. The van der Waals surface area contributed by atoms with Crippen LogP contribution in [0.4, 0.5) is 5.82 Å². The molecule has 8 heteroatoms. The van der Waals surface area contributed by atoms with Gasteiger partial charge in [-0.1, -0.05) is 18.2 Å². The minimum Gasteiger partial charge on any atom is -0.378 e. The predicted octanol–water partition coefficient (Wildman–Crippen LogP) is 2.37. The molecule has 26 heavy (non-hydrogen) atoms. The minimum atomic E-state index is -0.110. The molecule has 4 rings (SSSR count). The van der Waals surface area contributed by atoms with Crippen LogP contribution in [-0.4, -0.2) is 52.8 Å². The van der Waals surface area contributed by atoms with Crippen LogP contribution in [-0.2, 0) is 9.53 Å². The van der Waals surface area contributed by atoms with Gasteiger partial charge in [-0.05, 0) is 23.6 Å². The van der Waals surface area contributed by atoms with E-state index in [0.29, 0.717) is 37.8 Å². The molecule has 1 aliphatic heterocycles. The number of ether oxygens (including phenoxy) is 1. The van der Waals surface area contributed by atoms with E-state index < -0.39 is 0 Å². The number of benzene rings is 1. The van der Waals surface area contributed by atoms with Gasteiger partial charge in [-0.2, -0.15) is 5.10 Å². The number of nitrogens with zero attached hydrogens (tertiary/aromatic N) is 4. The molecule has 1 aromatic carbocycles. The maximum atomic E-state index is 13.0. The molecule has 0 radical (unpaired) electrons. The quantitative estimate of drug-likeness (QED) is 0.566. The largest absolute Gasteiger partial charge is 0.378 e. The fraction of sp³-hybridized carbons (Fsp3) is 0.222. The Labute approximate surface area is 154 Å². The van der Waals surface area contributed by atoms with Crippen molar-refractivity contribution in [1.29, 1.82) is 0 Å². The Bertz CT molecular complexity index is 930. The molecule has 1 fully saturated rings. The van der Waals surface area contributed by atoms with Gasteiger partial charge in [0.25, 0.3) is 5.91 Å². The molecule has 2 aromatic heterocycles. The summed E-state index contributed by atoms with van der Waals surface area (Å²) in [4.78, 5) is 24.0. The topological polar surface area (TPSA) is 79.7 Å². The van der Waals surface area contributed by atoms with Gasteiger partial charge < -0.3 is 9.64 Å². The van der Waals surface area contributed by atoms with Gasteiger partial charge in [0.05, 0.1) is 23.6 Å². The molecular weight excluding hydrogens is 350 g/mol. The van der Waals surface area contributed by atoms with Crippen molar-refractivity contribution in [3.05, 3.63) is 53.0 Å². The van der Waals surface area contributed by atoms with Crippen LogP contribution in [0.1, 0.15) is 4.88 Å². The zero-order valence-electron chi connectivity index (χ0n) is 14.0. The third-order valence-electron chi connectivity index (χ3n) is 4.07. The summed E-state index contributed by atoms with van der Waals surface area (Å²) in [6.45, 7) is 2.24. The lowest BCUT2D eigenvalue weighted by Crippen LogP contribution is -2.44. The Morgan fingerprint density at radius 2 is 2.00 bits per heavy atom. The van der Waals surface area contributed by atoms with E-state index in [1.807, 2.05) is 41.8 Å². The maximum absolute atomic E-state index is 13.0. The third kappa shape index (κ3) is 3.42. The van der Waals surface area contributed by atoms with E-state index in [1.165, 1.54) is 17.7 Å². The highest BCUT2D eigenvalue weighted by Gasteiger charge is 2.24. The number of carbonyl (C=O) groups excluding carboxylic acids is 1. The predicted molar refractivity (Wildman–Crippen MR) is 101 cm³/mol. The first-order chi connectivity index (χ1) is 12.8. The van der Waals surface area contributed by atoms with Gasteiger partial charge in [0.15, 0.2) is 11.5 Å². The number of carbonyl (C=O) groups is 1. The highest BCUT2D eigenvalue weighted by molar-refractivity contribution is 7.13. The van der Waals surface area contributed by atoms with Crippen LogP contribution in [0.2, 0.25) is 0 Å². The van der Waals surface area contributed by atoms with Gasteiger partial charge in [0, 0.05) is 18.5 Å².